The molecule has 0 aromatic heterocycles. The maximum Gasteiger partial charge on any atom is 0.325 e. The lowest BCUT2D eigenvalue weighted by atomic mass is 10.1. The van der Waals surface area contributed by atoms with E-state index in [1.807, 2.05) is 19.1 Å². The Labute approximate surface area is 119 Å². The Hall–Kier alpha value is -2.04. The molecular weight excluding hydrogens is 256 g/mol. The standard InChI is InChI=1S/C15H22N2O3/c1-3-9-17(11-15(19)20-4-2)14(18)10-12-5-7-13(16)8-6-12/h5-8H,3-4,9-11,16H2,1-2H3. The molecule has 0 heterocycles. The fraction of sp³-hybridized carbons (Fsp3) is 0.467. The van der Waals surface area contributed by atoms with Gasteiger partial charge in [-0.05, 0) is 31.0 Å². The van der Waals surface area contributed by atoms with Gasteiger partial charge in [0.1, 0.15) is 6.54 Å². The third-order valence-corrected chi connectivity index (χ3v) is 2.81. The summed E-state index contributed by atoms with van der Waals surface area (Å²) >= 11 is 0. The van der Waals surface area contributed by atoms with Crippen molar-refractivity contribution >= 4 is 17.6 Å². The molecule has 0 unspecified atom stereocenters. The summed E-state index contributed by atoms with van der Waals surface area (Å²) in [5.41, 5.74) is 7.16. The highest BCUT2D eigenvalue weighted by atomic mass is 16.5. The smallest absolute Gasteiger partial charge is 0.325 e. The summed E-state index contributed by atoms with van der Waals surface area (Å²) in [6.45, 7) is 4.60. The molecule has 0 bridgehead atoms. The summed E-state index contributed by atoms with van der Waals surface area (Å²) in [7, 11) is 0. The fourth-order valence-electron chi connectivity index (χ4n) is 1.85. The van der Waals surface area contributed by atoms with E-state index in [4.69, 9.17) is 10.5 Å². The normalized spacial score (nSPS) is 10.1. The van der Waals surface area contributed by atoms with E-state index in [0.717, 1.165) is 12.0 Å². The SMILES string of the molecule is CCCN(CC(=O)OCC)C(=O)Cc1ccc(N)cc1. The molecule has 5 nitrogen and oxygen atoms in total. The first-order chi connectivity index (χ1) is 9.56. The van der Waals surface area contributed by atoms with Crippen LogP contribution in [0.4, 0.5) is 5.69 Å². The van der Waals surface area contributed by atoms with E-state index >= 15 is 0 Å². The minimum Gasteiger partial charge on any atom is -0.465 e. The summed E-state index contributed by atoms with van der Waals surface area (Å²) in [6.07, 6.45) is 1.06. The van der Waals surface area contributed by atoms with Gasteiger partial charge in [0.05, 0.1) is 13.0 Å². The van der Waals surface area contributed by atoms with Gasteiger partial charge < -0.3 is 15.4 Å². The molecule has 0 atom stereocenters. The lowest BCUT2D eigenvalue weighted by molar-refractivity contribution is -0.148. The van der Waals surface area contributed by atoms with Crippen molar-refractivity contribution in [3.8, 4) is 0 Å². The van der Waals surface area contributed by atoms with Crippen molar-refractivity contribution in [3.63, 3.8) is 0 Å². The van der Waals surface area contributed by atoms with Crippen LogP contribution in [0, 0.1) is 0 Å². The Morgan fingerprint density at radius 3 is 2.40 bits per heavy atom. The minimum atomic E-state index is -0.369. The molecule has 0 saturated carbocycles. The molecule has 1 rings (SSSR count). The Bertz CT molecular complexity index is 443. The van der Waals surface area contributed by atoms with Crippen LogP contribution in [-0.2, 0) is 20.7 Å². The van der Waals surface area contributed by atoms with Crippen LogP contribution in [0.25, 0.3) is 0 Å². The molecule has 1 aromatic rings. The van der Waals surface area contributed by atoms with E-state index < -0.39 is 0 Å². The number of hydrogen-bond donors (Lipinski definition) is 1. The average Bonchev–Trinajstić information content (AvgIpc) is 2.41. The Kier molecular flexibility index (Phi) is 6.56. The van der Waals surface area contributed by atoms with E-state index in [2.05, 4.69) is 0 Å². The molecule has 2 N–H and O–H groups in total. The van der Waals surface area contributed by atoms with Crippen LogP contribution in [0.1, 0.15) is 25.8 Å². The lowest BCUT2D eigenvalue weighted by Crippen LogP contribution is -2.38. The molecule has 0 saturated heterocycles. The van der Waals surface area contributed by atoms with Gasteiger partial charge in [-0.2, -0.15) is 0 Å². The van der Waals surface area contributed by atoms with Crippen LogP contribution in [0.3, 0.4) is 0 Å². The summed E-state index contributed by atoms with van der Waals surface area (Å²) in [5.74, 6) is -0.448. The zero-order chi connectivity index (χ0) is 15.0. The molecule has 110 valence electrons. The number of rotatable bonds is 7. The van der Waals surface area contributed by atoms with Crippen molar-refractivity contribution in [1.82, 2.24) is 4.90 Å². The Morgan fingerprint density at radius 1 is 1.20 bits per heavy atom. The number of carbonyl (C=O) groups is 2. The van der Waals surface area contributed by atoms with Gasteiger partial charge in [0.25, 0.3) is 0 Å². The first kappa shape index (κ1) is 16.0. The van der Waals surface area contributed by atoms with Crippen molar-refractivity contribution in [2.45, 2.75) is 26.7 Å². The van der Waals surface area contributed by atoms with Gasteiger partial charge in [-0.1, -0.05) is 19.1 Å². The lowest BCUT2D eigenvalue weighted by Gasteiger charge is -2.21. The second-order valence-corrected chi connectivity index (χ2v) is 4.54. The molecule has 20 heavy (non-hydrogen) atoms. The van der Waals surface area contributed by atoms with Crippen LogP contribution >= 0.6 is 0 Å². The predicted molar refractivity (Wildman–Crippen MR) is 78.1 cm³/mol. The average molecular weight is 278 g/mol. The highest BCUT2D eigenvalue weighted by Gasteiger charge is 2.17. The molecule has 0 aliphatic heterocycles. The van der Waals surface area contributed by atoms with Gasteiger partial charge in [0.2, 0.25) is 5.91 Å². The van der Waals surface area contributed by atoms with Crippen molar-refractivity contribution in [2.24, 2.45) is 0 Å². The third kappa shape index (κ3) is 5.30. The van der Waals surface area contributed by atoms with E-state index in [-0.39, 0.29) is 24.8 Å². The molecule has 0 spiro atoms. The van der Waals surface area contributed by atoms with Crippen molar-refractivity contribution in [3.05, 3.63) is 29.8 Å². The molecule has 0 radical (unpaired) electrons. The number of nitrogens with two attached hydrogens (primary N) is 1. The molecule has 0 fully saturated rings. The fourth-order valence-corrected chi connectivity index (χ4v) is 1.85. The number of ether oxygens (including phenoxy) is 1. The van der Waals surface area contributed by atoms with Crippen LogP contribution in [0.2, 0.25) is 0 Å². The molecular formula is C15H22N2O3. The summed E-state index contributed by atoms with van der Waals surface area (Å²) < 4.78 is 4.89. The second-order valence-electron chi connectivity index (χ2n) is 4.54. The maximum absolute atomic E-state index is 12.2. The topological polar surface area (TPSA) is 72.6 Å². The summed E-state index contributed by atoms with van der Waals surface area (Å²) in [4.78, 5) is 25.2. The largest absolute Gasteiger partial charge is 0.465 e. The number of nitrogens with zero attached hydrogens (tertiary/aromatic N) is 1. The van der Waals surface area contributed by atoms with Crippen molar-refractivity contribution in [1.29, 1.82) is 0 Å². The molecule has 0 aliphatic rings. The van der Waals surface area contributed by atoms with Gasteiger partial charge in [-0.15, -0.1) is 0 Å². The van der Waals surface area contributed by atoms with E-state index in [0.29, 0.717) is 18.8 Å². The quantitative estimate of drug-likeness (QED) is 0.607. The first-order valence-electron chi connectivity index (χ1n) is 6.84. The first-order valence-corrected chi connectivity index (χ1v) is 6.84. The minimum absolute atomic E-state index is 0.00941. The third-order valence-electron chi connectivity index (χ3n) is 2.81. The van der Waals surface area contributed by atoms with Crippen molar-refractivity contribution in [2.75, 3.05) is 25.4 Å². The van der Waals surface area contributed by atoms with Gasteiger partial charge in [0, 0.05) is 12.2 Å². The molecule has 1 amide bonds. The molecule has 5 heteroatoms. The Morgan fingerprint density at radius 2 is 1.85 bits per heavy atom. The zero-order valence-corrected chi connectivity index (χ0v) is 12.1. The maximum atomic E-state index is 12.2. The van der Waals surface area contributed by atoms with Crippen LogP contribution in [-0.4, -0.2) is 36.5 Å². The predicted octanol–water partition coefficient (Wildman–Crippen LogP) is 1.61. The van der Waals surface area contributed by atoms with Crippen LogP contribution < -0.4 is 5.73 Å². The van der Waals surface area contributed by atoms with Crippen LogP contribution in [0.15, 0.2) is 24.3 Å². The van der Waals surface area contributed by atoms with Gasteiger partial charge in [-0.25, -0.2) is 0 Å². The number of hydrogen-bond acceptors (Lipinski definition) is 4. The number of nitrogen functional groups attached to an aromatic ring is 1. The monoisotopic (exact) mass is 278 g/mol. The summed E-state index contributed by atoms with van der Waals surface area (Å²) in [5, 5.41) is 0. The van der Waals surface area contributed by atoms with Gasteiger partial charge in [0.15, 0.2) is 0 Å². The molecule has 0 aliphatic carbocycles. The van der Waals surface area contributed by atoms with Gasteiger partial charge in [-0.3, -0.25) is 9.59 Å². The second kappa shape index (κ2) is 8.19. The molecule has 1 aromatic carbocycles. The highest BCUT2D eigenvalue weighted by molar-refractivity contribution is 5.83. The summed E-state index contributed by atoms with van der Waals surface area (Å²) in [6, 6.07) is 7.17. The zero-order valence-electron chi connectivity index (χ0n) is 12.1. The van der Waals surface area contributed by atoms with E-state index in [1.165, 1.54) is 4.90 Å². The number of carbonyl (C=O) groups excluding carboxylic acids is 2. The number of benzene rings is 1. The number of anilines is 1. The number of amides is 1. The van der Waals surface area contributed by atoms with Crippen LogP contribution in [0.5, 0.6) is 0 Å². The van der Waals surface area contributed by atoms with E-state index in [1.54, 1.807) is 19.1 Å². The Balaban J connectivity index is 2.63. The highest BCUT2D eigenvalue weighted by Crippen LogP contribution is 2.08. The van der Waals surface area contributed by atoms with Gasteiger partial charge >= 0.3 is 5.97 Å². The van der Waals surface area contributed by atoms with Crippen molar-refractivity contribution < 1.29 is 14.3 Å². The van der Waals surface area contributed by atoms with E-state index in [9.17, 15) is 9.59 Å². The number of esters is 1.